The van der Waals surface area contributed by atoms with E-state index in [-0.39, 0.29) is 58.3 Å². The van der Waals surface area contributed by atoms with E-state index in [1.54, 1.807) is 6.07 Å². The molecule has 0 bridgehead atoms. The fourth-order valence-corrected chi connectivity index (χ4v) is 5.46. The molecule has 1 fully saturated rings. The van der Waals surface area contributed by atoms with E-state index in [0.29, 0.717) is 12.8 Å². The van der Waals surface area contributed by atoms with Gasteiger partial charge in [-0.1, -0.05) is 29.3 Å². The van der Waals surface area contributed by atoms with Crippen LogP contribution in [0, 0.1) is 5.92 Å². The van der Waals surface area contributed by atoms with Crippen molar-refractivity contribution in [2.45, 2.75) is 37.6 Å². The summed E-state index contributed by atoms with van der Waals surface area (Å²) in [5.41, 5.74) is 0. The van der Waals surface area contributed by atoms with Crippen molar-refractivity contribution in [1.29, 1.82) is 0 Å². The van der Waals surface area contributed by atoms with E-state index in [2.05, 4.69) is 10.6 Å². The molecule has 0 aromatic heterocycles. The van der Waals surface area contributed by atoms with Gasteiger partial charge >= 0.3 is 0 Å². The van der Waals surface area contributed by atoms with Gasteiger partial charge in [0.2, 0.25) is 21.8 Å². The molecule has 0 atom stereocenters. The number of sulfonamides is 1. The topological polar surface area (TPSA) is 95.6 Å². The van der Waals surface area contributed by atoms with Crippen LogP contribution in [0.15, 0.2) is 23.1 Å². The quantitative estimate of drug-likeness (QED) is 0.714. The van der Waals surface area contributed by atoms with Gasteiger partial charge in [0.1, 0.15) is 4.90 Å². The predicted molar refractivity (Wildman–Crippen MR) is 104 cm³/mol. The summed E-state index contributed by atoms with van der Waals surface area (Å²) < 4.78 is 26.9. The Hall–Kier alpha value is -1.35. The van der Waals surface area contributed by atoms with Crippen LogP contribution in [0.25, 0.3) is 0 Å². The smallest absolute Gasteiger partial charge is 0.246 e. The lowest BCUT2D eigenvalue weighted by Gasteiger charge is -2.31. The fraction of sp³-hybridized carbons (Fsp3) is 0.529. The number of hydrogen-bond donors (Lipinski definition) is 2. The minimum absolute atomic E-state index is 0.000480. The van der Waals surface area contributed by atoms with Gasteiger partial charge in [-0.05, 0) is 38.8 Å². The van der Waals surface area contributed by atoms with Crippen molar-refractivity contribution in [3.05, 3.63) is 28.2 Å². The maximum absolute atomic E-state index is 12.8. The Morgan fingerprint density at radius 2 is 1.74 bits per heavy atom. The van der Waals surface area contributed by atoms with Crippen LogP contribution in [0.4, 0.5) is 0 Å². The molecule has 1 saturated heterocycles. The molecule has 0 saturated carbocycles. The first-order valence-electron chi connectivity index (χ1n) is 8.64. The summed E-state index contributed by atoms with van der Waals surface area (Å²) in [7, 11) is -3.84. The van der Waals surface area contributed by atoms with Crippen molar-refractivity contribution in [1.82, 2.24) is 14.9 Å². The van der Waals surface area contributed by atoms with Gasteiger partial charge in [0, 0.05) is 25.0 Å². The molecule has 2 rings (SSSR count). The van der Waals surface area contributed by atoms with Gasteiger partial charge in [-0.3, -0.25) is 9.59 Å². The summed E-state index contributed by atoms with van der Waals surface area (Å²) in [6, 6.07) is 4.53. The SMILES string of the molecule is CC(C)NC(=O)CNC(=O)C1CCN(S(=O)(=O)c2c(Cl)cccc2Cl)CC1. The van der Waals surface area contributed by atoms with Crippen LogP contribution in [0.3, 0.4) is 0 Å². The summed E-state index contributed by atoms with van der Waals surface area (Å²) in [4.78, 5) is 23.7. The Balaban J connectivity index is 1.95. The molecule has 0 unspecified atom stereocenters. The highest BCUT2D eigenvalue weighted by Crippen LogP contribution is 2.33. The van der Waals surface area contributed by atoms with Gasteiger partial charge in [-0.25, -0.2) is 8.42 Å². The lowest BCUT2D eigenvalue weighted by atomic mass is 9.97. The number of benzene rings is 1. The lowest BCUT2D eigenvalue weighted by molar-refractivity contribution is -0.129. The molecule has 0 radical (unpaired) electrons. The average molecular weight is 436 g/mol. The fourth-order valence-electron chi connectivity index (χ4n) is 2.90. The number of amides is 2. The van der Waals surface area contributed by atoms with Gasteiger partial charge in [-0.15, -0.1) is 0 Å². The molecule has 0 spiro atoms. The summed E-state index contributed by atoms with van der Waals surface area (Å²) in [6.07, 6.45) is 0.720. The molecule has 2 amide bonds. The Labute approximate surface area is 169 Å². The number of carbonyl (C=O) groups is 2. The molecule has 1 aliphatic heterocycles. The van der Waals surface area contributed by atoms with Crippen LogP contribution >= 0.6 is 23.2 Å². The summed E-state index contributed by atoms with van der Waals surface area (Å²) in [6.45, 7) is 3.94. The zero-order chi connectivity index (χ0) is 20.2. The van der Waals surface area contributed by atoms with Gasteiger partial charge < -0.3 is 10.6 Å². The predicted octanol–water partition coefficient (Wildman–Crippen LogP) is 2.03. The lowest BCUT2D eigenvalue weighted by Crippen LogP contribution is -2.45. The normalized spacial score (nSPS) is 16.3. The molecular formula is C17H23Cl2N3O4S. The molecule has 1 aliphatic rings. The zero-order valence-corrected chi connectivity index (χ0v) is 17.5. The third-order valence-corrected chi connectivity index (χ3v) is 7.07. The number of rotatable bonds is 6. The van der Waals surface area contributed by atoms with Crippen molar-refractivity contribution >= 4 is 45.0 Å². The standard InChI is InChI=1S/C17H23Cl2N3O4S/c1-11(2)21-15(23)10-20-17(24)12-6-8-22(9-7-12)27(25,26)16-13(18)4-3-5-14(16)19/h3-5,11-12H,6-10H2,1-2H3,(H,20,24)(H,21,23). The molecule has 7 nitrogen and oxygen atoms in total. The molecule has 27 heavy (non-hydrogen) atoms. The van der Waals surface area contributed by atoms with E-state index in [1.165, 1.54) is 16.4 Å². The van der Waals surface area contributed by atoms with Crippen LogP contribution in [0.2, 0.25) is 10.0 Å². The molecule has 0 aliphatic carbocycles. The summed E-state index contributed by atoms with van der Waals surface area (Å²) in [5, 5.41) is 5.43. The van der Waals surface area contributed by atoms with E-state index in [1.807, 2.05) is 13.8 Å². The van der Waals surface area contributed by atoms with E-state index < -0.39 is 10.0 Å². The van der Waals surface area contributed by atoms with Gasteiger partial charge in [0.25, 0.3) is 0 Å². The van der Waals surface area contributed by atoms with Crippen LogP contribution in [0.1, 0.15) is 26.7 Å². The largest absolute Gasteiger partial charge is 0.352 e. The van der Waals surface area contributed by atoms with E-state index in [4.69, 9.17) is 23.2 Å². The van der Waals surface area contributed by atoms with Crippen molar-refractivity contribution in [2.24, 2.45) is 5.92 Å². The minimum atomic E-state index is -3.84. The zero-order valence-electron chi connectivity index (χ0n) is 15.2. The van der Waals surface area contributed by atoms with E-state index in [0.717, 1.165) is 0 Å². The highest BCUT2D eigenvalue weighted by molar-refractivity contribution is 7.89. The molecule has 1 aromatic carbocycles. The van der Waals surface area contributed by atoms with Crippen molar-refractivity contribution in [2.75, 3.05) is 19.6 Å². The number of carbonyl (C=O) groups excluding carboxylic acids is 2. The molecule has 2 N–H and O–H groups in total. The number of piperidine rings is 1. The Morgan fingerprint density at radius 3 is 2.26 bits per heavy atom. The van der Waals surface area contributed by atoms with Crippen LogP contribution < -0.4 is 10.6 Å². The molecule has 1 heterocycles. The number of nitrogens with zero attached hydrogens (tertiary/aromatic N) is 1. The Morgan fingerprint density at radius 1 is 1.19 bits per heavy atom. The molecule has 1 aromatic rings. The second-order valence-corrected chi connectivity index (χ2v) is 9.36. The first-order valence-corrected chi connectivity index (χ1v) is 10.8. The summed E-state index contributed by atoms with van der Waals surface area (Å²) >= 11 is 12.1. The van der Waals surface area contributed by atoms with Gasteiger partial charge in [0.05, 0.1) is 16.6 Å². The minimum Gasteiger partial charge on any atom is -0.352 e. The highest BCUT2D eigenvalue weighted by atomic mass is 35.5. The number of nitrogens with one attached hydrogen (secondary N) is 2. The van der Waals surface area contributed by atoms with Crippen molar-refractivity contribution in [3.63, 3.8) is 0 Å². The number of halogens is 2. The third-order valence-electron chi connectivity index (χ3n) is 4.21. The van der Waals surface area contributed by atoms with Crippen LogP contribution in [0.5, 0.6) is 0 Å². The highest BCUT2D eigenvalue weighted by Gasteiger charge is 2.34. The Kier molecular flexibility index (Phi) is 7.50. The van der Waals surface area contributed by atoms with Crippen LogP contribution in [-0.2, 0) is 19.6 Å². The van der Waals surface area contributed by atoms with E-state index in [9.17, 15) is 18.0 Å². The summed E-state index contributed by atoms with van der Waals surface area (Å²) in [5.74, 6) is -0.849. The number of hydrogen-bond acceptors (Lipinski definition) is 4. The first-order chi connectivity index (χ1) is 12.6. The van der Waals surface area contributed by atoms with Crippen molar-refractivity contribution < 1.29 is 18.0 Å². The second-order valence-electron chi connectivity index (χ2n) is 6.67. The maximum atomic E-state index is 12.8. The molecule has 150 valence electrons. The molecule has 10 heteroatoms. The Bertz CT molecular complexity index is 786. The van der Waals surface area contributed by atoms with Gasteiger partial charge in [0.15, 0.2) is 0 Å². The third kappa shape index (κ3) is 5.57. The first kappa shape index (κ1) is 21.9. The maximum Gasteiger partial charge on any atom is 0.246 e. The monoisotopic (exact) mass is 435 g/mol. The van der Waals surface area contributed by atoms with Gasteiger partial charge in [-0.2, -0.15) is 4.31 Å². The molecular weight excluding hydrogens is 413 g/mol. The van der Waals surface area contributed by atoms with Crippen molar-refractivity contribution in [3.8, 4) is 0 Å². The van der Waals surface area contributed by atoms with Crippen LogP contribution in [-0.4, -0.2) is 50.2 Å². The average Bonchev–Trinajstić information content (AvgIpc) is 2.59. The van der Waals surface area contributed by atoms with E-state index >= 15 is 0 Å². The second kappa shape index (κ2) is 9.23.